The van der Waals surface area contributed by atoms with Gasteiger partial charge in [0.2, 0.25) is 0 Å². The molecule has 2 N–H and O–H groups in total. The van der Waals surface area contributed by atoms with E-state index < -0.39 is 12.2 Å². The monoisotopic (exact) mass is 286 g/mol. The molecule has 5 nitrogen and oxygen atoms in total. The van der Waals surface area contributed by atoms with Crippen LogP contribution in [-0.4, -0.2) is 17.8 Å². The third kappa shape index (κ3) is 4.63. The largest absolute Gasteiger partial charge is 0.476 e. The summed E-state index contributed by atoms with van der Waals surface area (Å²) in [6.45, 7) is 2.74. The molecule has 0 aliphatic carbocycles. The summed E-state index contributed by atoms with van der Waals surface area (Å²) >= 11 is 0. The van der Waals surface area contributed by atoms with E-state index in [1.165, 1.54) is 0 Å². The molecule has 0 aliphatic heterocycles. The molecule has 0 radical (unpaired) electrons. The van der Waals surface area contributed by atoms with E-state index in [4.69, 9.17) is 14.4 Å². The molecule has 0 bridgehead atoms. The fourth-order valence-corrected chi connectivity index (χ4v) is 1.85. The number of hydrogen-bond acceptors (Lipinski definition) is 5. The number of hydrogen-bond donors (Lipinski definition) is 2. The number of nitrogens with one attached hydrogen (secondary N) is 1. The third-order valence-corrected chi connectivity index (χ3v) is 2.96. The van der Waals surface area contributed by atoms with Crippen LogP contribution in [0.15, 0.2) is 47.1 Å². The molecule has 110 valence electrons. The average Bonchev–Trinajstić information content (AvgIpc) is 3.03. The van der Waals surface area contributed by atoms with Gasteiger partial charge in [-0.15, -0.1) is 0 Å². The molecular weight excluding hydrogens is 268 g/mol. The summed E-state index contributed by atoms with van der Waals surface area (Å²) in [5, 5.41) is 21.7. The molecule has 2 rings (SSSR count). The summed E-state index contributed by atoms with van der Waals surface area (Å²) in [5.74, 6) is 1.22. The van der Waals surface area contributed by atoms with Crippen molar-refractivity contribution in [1.82, 2.24) is 5.32 Å². The van der Waals surface area contributed by atoms with Crippen molar-refractivity contribution in [3.63, 3.8) is 0 Å². The van der Waals surface area contributed by atoms with Crippen molar-refractivity contribution in [3.05, 3.63) is 54.0 Å². The molecule has 0 fully saturated rings. The zero-order valence-corrected chi connectivity index (χ0v) is 11.8. The first-order valence-corrected chi connectivity index (χ1v) is 6.76. The van der Waals surface area contributed by atoms with Crippen molar-refractivity contribution in [3.8, 4) is 11.8 Å². The number of rotatable bonds is 7. The van der Waals surface area contributed by atoms with Crippen LogP contribution >= 0.6 is 0 Å². The summed E-state index contributed by atoms with van der Waals surface area (Å²) in [4.78, 5) is 0. The number of nitriles is 1. The fraction of sp³-hybridized carbons (Fsp3) is 0.312. The normalized spacial score (nSPS) is 13.4. The molecule has 2 unspecified atom stereocenters. The van der Waals surface area contributed by atoms with E-state index in [-0.39, 0.29) is 0 Å². The van der Waals surface area contributed by atoms with E-state index in [1.807, 2.05) is 30.3 Å². The van der Waals surface area contributed by atoms with Crippen LogP contribution in [0.2, 0.25) is 0 Å². The second-order valence-electron chi connectivity index (χ2n) is 4.70. The zero-order valence-electron chi connectivity index (χ0n) is 11.8. The Morgan fingerprint density at radius 3 is 2.71 bits per heavy atom. The smallest absolute Gasteiger partial charge is 0.181 e. The van der Waals surface area contributed by atoms with Gasteiger partial charge in [0.15, 0.2) is 6.10 Å². The molecule has 1 aromatic carbocycles. The van der Waals surface area contributed by atoms with Gasteiger partial charge in [0.05, 0.1) is 6.26 Å². The van der Waals surface area contributed by atoms with Crippen molar-refractivity contribution in [2.75, 3.05) is 6.54 Å². The molecule has 1 aromatic heterocycles. The van der Waals surface area contributed by atoms with Gasteiger partial charge in [-0.2, -0.15) is 5.26 Å². The molecule has 0 aliphatic rings. The topological polar surface area (TPSA) is 78.4 Å². The SMILES string of the molecule is CC(C#N)Oc1ccc(CNCC(O)c2ccco2)cc1. The molecule has 0 saturated carbocycles. The fourth-order valence-electron chi connectivity index (χ4n) is 1.85. The number of aliphatic hydroxyl groups excluding tert-OH is 1. The first-order chi connectivity index (χ1) is 10.2. The minimum absolute atomic E-state index is 0.414. The highest BCUT2D eigenvalue weighted by Crippen LogP contribution is 2.15. The number of ether oxygens (including phenoxy) is 1. The number of aliphatic hydroxyl groups is 1. The van der Waals surface area contributed by atoms with Crippen LogP contribution in [0.25, 0.3) is 0 Å². The Morgan fingerprint density at radius 2 is 2.10 bits per heavy atom. The van der Waals surface area contributed by atoms with Gasteiger partial charge in [0, 0.05) is 13.1 Å². The predicted octanol–water partition coefficient (Wildman–Crippen LogP) is 2.39. The number of benzene rings is 1. The van der Waals surface area contributed by atoms with E-state index in [0.717, 1.165) is 5.56 Å². The van der Waals surface area contributed by atoms with E-state index in [1.54, 1.807) is 25.3 Å². The molecule has 0 amide bonds. The minimum atomic E-state index is -0.654. The molecule has 0 saturated heterocycles. The van der Waals surface area contributed by atoms with Crippen LogP contribution in [0, 0.1) is 11.3 Å². The highest BCUT2D eigenvalue weighted by atomic mass is 16.5. The highest BCUT2D eigenvalue weighted by molar-refractivity contribution is 5.27. The highest BCUT2D eigenvalue weighted by Gasteiger charge is 2.09. The standard InChI is InChI=1S/C16H18N2O3/c1-12(9-17)21-14-6-4-13(5-7-14)10-18-11-15(19)16-3-2-8-20-16/h2-8,12,15,18-19H,10-11H2,1H3. The molecule has 0 spiro atoms. The van der Waals surface area contributed by atoms with Gasteiger partial charge >= 0.3 is 0 Å². The molecule has 21 heavy (non-hydrogen) atoms. The predicted molar refractivity (Wildman–Crippen MR) is 77.5 cm³/mol. The van der Waals surface area contributed by atoms with Gasteiger partial charge in [-0.1, -0.05) is 12.1 Å². The Balaban J connectivity index is 1.77. The number of nitrogens with zero attached hydrogens (tertiary/aromatic N) is 1. The molecule has 2 atom stereocenters. The van der Waals surface area contributed by atoms with Crippen molar-refractivity contribution >= 4 is 0 Å². The van der Waals surface area contributed by atoms with Gasteiger partial charge < -0.3 is 19.6 Å². The van der Waals surface area contributed by atoms with Crippen LogP contribution in [0.1, 0.15) is 24.4 Å². The van der Waals surface area contributed by atoms with Gasteiger partial charge in [0.1, 0.15) is 23.7 Å². The maximum atomic E-state index is 9.85. The summed E-state index contributed by atoms with van der Waals surface area (Å²) in [7, 11) is 0. The van der Waals surface area contributed by atoms with Gasteiger partial charge in [-0.25, -0.2) is 0 Å². The van der Waals surface area contributed by atoms with Crippen LogP contribution in [0.5, 0.6) is 5.75 Å². The van der Waals surface area contributed by atoms with Crippen LogP contribution in [0.3, 0.4) is 0 Å². The molecule has 5 heteroatoms. The lowest BCUT2D eigenvalue weighted by atomic mass is 10.2. The molecule has 2 aromatic rings. The van der Waals surface area contributed by atoms with Crippen LogP contribution in [0.4, 0.5) is 0 Å². The van der Waals surface area contributed by atoms with E-state index in [9.17, 15) is 5.11 Å². The third-order valence-electron chi connectivity index (χ3n) is 2.96. The van der Waals surface area contributed by atoms with Crippen molar-refractivity contribution in [2.24, 2.45) is 0 Å². The molecule has 1 heterocycles. The van der Waals surface area contributed by atoms with Crippen molar-refractivity contribution in [1.29, 1.82) is 5.26 Å². The second kappa shape index (κ2) is 7.48. The summed E-state index contributed by atoms with van der Waals surface area (Å²) in [5.41, 5.74) is 1.07. The lowest BCUT2D eigenvalue weighted by Gasteiger charge is -2.11. The van der Waals surface area contributed by atoms with Crippen molar-refractivity contribution < 1.29 is 14.3 Å². The first-order valence-electron chi connectivity index (χ1n) is 6.76. The zero-order chi connectivity index (χ0) is 15.1. The van der Waals surface area contributed by atoms with Crippen LogP contribution < -0.4 is 10.1 Å². The Bertz CT molecular complexity index is 573. The summed E-state index contributed by atoms with van der Waals surface area (Å²) in [6.07, 6.45) is 0.427. The van der Waals surface area contributed by atoms with E-state index >= 15 is 0 Å². The van der Waals surface area contributed by atoms with E-state index in [2.05, 4.69) is 5.32 Å². The number of furan rings is 1. The second-order valence-corrected chi connectivity index (χ2v) is 4.70. The van der Waals surface area contributed by atoms with Gasteiger partial charge in [-0.05, 0) is 36.8 Å². The Labute approximate surface area is 123 Å². The van der Waals surface area contributed by atoms with E-state index in [0.29, 0.717) is 24.6 Å². The molecular formula is C16H18N2O3. The lowest BCUT2D eigenvalue weighted by molar-refractivity contribution is 0.147. The quantitative estimate of drug-likeness (QED) is 0.817. The van der Waals surface area contributed by atoms with Gasteiger partial charge in [-0.3, -0.25) is 0 Å². The average molecular weight is 286 g/mol. The lowest BCUT2D eigenvalue weighted by Crippen LogP contribution is -2.20. The maximum Gasteiger partial charge on any atom is 0.181 e. The Morgan fingerprint density at radius 1 is 1.33 bits per heavy atom. The van der Waals surface area contributed by atoms with Gasteiger partial charge in [0.25, 0.3) is 0 Å². The summed E-state index contributed by atoms with van der Waals surface area (Å²) < 4.78 is 10.5. The summed E-state index contributed by atoms with van der Waals surface area (Å²) in [6, 6.07) is 13.0. The van der Waals surface area contributed by atoms with Crippen LogP contribution in [-0.2, 0) is 6.54 Å². The minimum Gasteiger partial charge on any atom is -0.476 e. The Kier molecular flexibility index (Phi) is 5.38. The van der Waals surface area contributed by atoms with Crippen molar-refractivity contribution in [2.45, 2.75) is 25.7 Å². The first kappa shape index (κ1) is 15.1. The maximum absolute atomic E-state index is 9.85. The Hall–Kier alpha value is -2.29.